The minimum atomic E-state index is 0.206. The minimum Gasteiger partial charge on any atom is -0.325 e. The molecule has 6 nitrogen and oxygen atoms in total. The number of halogens is 1. The van der Waals surface area contributed by atoms with Crippen molar-refractivity contribution in [3.05, 3.63) is 40.2 Å². The second kappa shape index (κ2) is 6.25. The predicted octanol–water partition coefficient (Wildman–Crippen LogP) is 3.97. The van der Waals surface area contributed by atoms with Gasteiger partial charge in [0, 0.05) is 12.1 Å². The predicted molar refractivity (Wildman–Crippen MR) is 93.1 cm³/mol. The molecule has 0 saturated carbocycles. The molecule has 24 heavy (non-hydrogen) atoms. The number of hydrogen-bond acceptors (Lipinski definition) is 4. The average molecular weight is 343 g/mol. The van der Waals surface area contributed by atoms with Crippen LogP contribution in [0.2, 0.25) is 5.15 Å². The molecule has 3 rings (SSSR count). The maximum Gasteiger partial charge on any atom is 0.151 e. The Morgan fingerprint density at radius 3 is 2.54 bits per heavy atom. The highest BCUT2D eigenvalue weighted by atomic mass is 35.5. The van der Waals surface area contributed by atoms with Crippen LogP contribution in [0.3, 0.4) is 0 Å². The number of nitriles is 1. The van der Waals surface area contributed by atoms with Gasteiger partial charge in [0.15, 0.2) is 5.15 Å². The monoisotopic (exact) mass is 342 g/mol. The van der Waals surface area contributed by atoms with Crippen molar-refractivity contribution < 1.29 is 0 Å². The van der Waals surface area contributed by atoms with Crippen LogP contribution < -0.4 is 0 Å². The molecule has 0 aromatic carbocycles. The molecule has 0 spiro atoms. The summed E-state index contributed by atoms with van der Waals surface area (Å²) in [4.78, 5) is 9.44. The molecule has 3 aromatic heterocycles. The Balaban J connectivity index is 2.24. The topological polar surface area (TPSA) is 83.2 Å². The van der Waals surface area contributed by atoms with Gasteiger partial charge in [-0.25, -0.2) is 9.97 Å². The van der Waals surface area contributed by atoms with Gasteiger partial charge in [-0.05, 0) is 12.0 Å². The van der Waals surface area contributed by atoms with Gasteiger partial charge in [0.05, 0.1) is 28.9 Å². The van der Waals surface area contributed by atoms with Crippen molar-refractivity contribution in [1.82, 2.24) is 24.7 Å². The second-order valence-corrected chi connectivity index (χ2v) is 6.86. The summed E-state index contributed by atoms with van der Waals surface area (Å²) in [5.41, 5.74) is 3.15. The maximum absolute atomic E-state index is 9.54. The van der Waals surface area contributed by atoms with E-state index in [-0.39, 0.29) is 11.8 Å². The molecule has 0 aliphatic heterocycles. The third kappa shape index (κ3) is 2.87. The maximum atomic E-state index is 9.54. The highest BCUT2D eigenvalue weighted by Gasteiger charge is 2.20. The fourth-order valence-corrected chi connectivity index (χ4v) is 2.88. The molecule has 0 fully saturated rings. The van der Waals surface area contributed by atoms with E-state index in [1.807, 2.05) is 10.8 Å². The molecule has 0 amide bonds. The first-order valence-corrected chi connectivity index (χ1v) is 8.29. The van der Waals surface area contributed by atoms with E-state index in [1.54, 1.807) is 6.07 Å². The Hall–Kier alpha value is -2.39. The largest absolute Gasteiger partial charge is 0.325 e. The Bertz CT molecular complexity index is 929. The molecule has 0 bridgehead atoms. The number of fused-ring (bicyclic) bond motifs is 1. The van der Waals surface area contributed by atoms with Crippen molar-refractivity contribution in [1.29, 1.82) is 5.26 Å². The molecule has 3 heterocycles. The summed E-state index contributed by atoms with van der Waals surface area (Å²) in [7, 11) is 0. The first kappa shape index (κ1) is 16.5. The summed E-state index contributed by atoms with van der Waals surface area (Å²) >= 11 is 5.88. The first-order valence-electron chi connectivity index (χ1n) is 7.91. The standard InChI is InChI=1S/C17H19ClN6/c1-9(2)15-14-11(6-19)7-24(8-12-5-13(18)23-22-12)17(14)21-16(20-15)10(3)4/h5,7,9-10H,8H2,1-4H3,(H,22,23). The molecule has 0 aliphatic rings. The summed E-state index contributed by atoms with van der Waals surface area (Å²) in [6.45, 7) is 8.82. The number of rotatable bonds is 4. The number of nitrogens with zero attached hydrogens (tertiary/aromatic N) is 5. The van der Waals surface area contributed by atoms with Crippen molar-refractivity contribution in [2.75, 3.05) is 0 Å². The van der Waals surface area contributed by atoms with Crippen molar-refractivity contribution >= 4 is 22.6 Å². The van der Waals surface area contributed by atoms with Gasteiger partial charge < -0.3 is 4.57 Å². The van der Waals surface area contributed by atoms with E-state index in [4.69, 9.17) is 21.6 Å². The molecule has 1 N–H and O–H groups in total. The van der Waals surface area contributed by atoms with Gasteiger partial charge in [-0.2, -0.15) is 10.4 Å². The molecule has 0 saturated heterocycles. The van der Waals surface area contributed by atoms with Gasteiger partial charge in [0.1, 0.15) is 17.5 Å². The summed E-state index contributed by atoms with van der Waals surface area (Å²) in [6, 6.07) is 4.04. The molecule has 0 atom stereocenters. The number of aromatic nitrogens is 5. The summed E-state index contributed by atoms with van der Waals surface area (Å²) in [5.74, 6) is 1.21. The molecule has 7 heteroatoms. The van der Waals surface area contributed by atoms with Crippen LogP contribution in [0.1, 0.15) is 62.3 Å². The second-order valence-electron chi connectivity index (χ2n) is 6.47. The fraction of sp³-hybridized carbons (Fsp3) is 0.412. The minimum absolute atomic E-state index is 0.206. The van der Waals surface area contributed by atoms with E-state index in [2.05, 4.69) is 44.0 Å². The van der Waals surface area contributed by atoms with Crippen LogP contribution in [0.15, 0.2) is 12.3 Å². The van der Waals surface area contributed by atoms with Gasteiger partial charge in [-0.1, -0.05) is 39.3 Å². The van der Waals surface area contributed by atoms with E-state index >= 15 is 0 Å². The van der Waals surface area contributed by atoms with Gasteiger partial charge in [0.2, 0.25) is 0 Å². The zero-order valence-corrected chi connectivity index (χ0v) is 14.9. The third-order valence-electron chi connectivity index (χ3n) is 3.89. The lowest BCUT2D eigenvalue weighted by molar-refractivity contribution is 0.728. The van der Waals surface area contributed by atoms with E-state index in [0.29, 0.717) is 17.3 Å². The van der Waals surface area contributed by atoms with E-state index in [1.165, 1.54) is 0 Å². The van der Waals surface area contributed by atoms with E-state index in [9.17, 15) is 5.26 Å². The average Bonchev–Trinajstić information content (AvgIpc) is 3.10. The van der Waals surface area contributed by atoms with Crippen molar-refractivity contribution in [3.63, 3.8) is 0 Å². The molecule has 0 aliphatic carbocycles. The molecular weight excluding hydrogens is 324 g/mol. The lowest BCUT2D eigenvalue weighted by atomic mass is 10.0. The molecular formula is C17H19ClN6. The molecule has 124 valence electrons. The normalized spacial score (nSPS) is 11.6. The van der Waals surface area contributed by atoms with Gasteiger partial charge >= 0.3 is 0 Å². The van der Waals surface area contributed by atoms with Crippen LogP contribution >= 0.6 is 11.6 Å². The number of H-pyrrole nitrogens is 1. The quantitative estimate of drug-likeness (QED) is 0.777. The van der Waals surface area contributed by atoms with Crippen LogP contribution in [-0.4, -0.2) is 24.7 Å². The fourth-order valence-electron chi connectivity index (χ4n) is 2.71. The number of hydrogen-bond donors (Lipinski definition) is 1. The highest BCUT2D eigenvalue weighted by molar-refractivity contribution is 6.29. The van der Waals surface area contributed by atoms with Crippen molar-refractivity contribution in [2.45, 2.75) is 46.1 Å². The SMILES string of the molecule is CC(C)c1nc(C(C)C)c2c(C#N)cn(Cc3cc(Cl)n[nH]3)c2n1. The zero-order valence-electron chi connectivity index (χ0n) is 14.1. The van der Waals surface area contributed by atoms with Crippen molar-refractivity contribution in [3.8, 4) is 6.07 Å². The van der Waals surface area contributed by atoms with E-state index in [0.717, 1.165) is 28.2 Å². The number of aromatic amines is 1. The van der Waals surface area contributed by atoms with Crippen LogP contribution in [0.25, 0.3) is 11.0 Å². The Labute approximate surface area is 145 Å². The highest BCUT2D eigenvalue weighted by Crippen LogP contribution is 2.29. The number of nitrogens with one attached hydrogen (secondary N) is 1. The van der Waals surface area contributed by atoms with E-state index < -0.39 is 0 Å². The lowest BCUT2D eigenvalue weighted by Crippen LogP contribution is -2.07. The van der Waals surface area contributed by atoms with Crippen LogP contribution in [0, 0.1) is 11.3 Å². The van der Waals surface area contributed by atoms with Gasteiger partial charge in [-0.3, -0.25) is 5.10 Å². The summed E-state index contributed by atoms with van der Waals surface area (Å²) in [5, 5.41) is 17.6. The third-order valence-corrected chi connectivity index (χ3v) is 4.08. The molecule has 0 unspecified atom stereocenters. The molecule has 0 radical (unpaired) electrons. The zero-order chi connectivity index (χ0) is 17.4. The van der Waals surface area contributed by atoms with Gasteiger partial charge in [0.25, 0.3) is 0 Å². The van der Waals surface area contributed by atoms with Crippen molar-refractivity contribution in [2.24, 2.45) is 0 Å². The Kier molecular flexibility index (Phi) is 4.29. The summed E-state index contributed by atoms with van der Waals surface area (Å²) in [6.07, 6.45) is 1.82. The van der Waals surface area contributed by atoms with Crippen LogP contribution in [0.5, 0.6) is 0 Å². The first-order chi connectivity index (χ1) is 11.4. The smallest absolute Gasteiger partial charge is 0.151 e. The summed E-state index contributed by atoms with van der Waals surface area (Å²) < 4.78 is 1.96. The van der Waals surface area contributed by atoms with Gasteiger partial charge in [-0.15, -0.1) is 0 Å². The Morgan fingerprint density at radius 2 is 2.00 bits per heavy atom. The Morgan fingerprint density at radius 1 is 1.25 bits per heavy atom. The van der Waals surface area contributed by atoms with Crippen LogP contribution in [0.4, 0.5) is 0 Å². The lowest BCUT2D eigenvalue weighted by Gasteiger charge is -2.12. The molecule has 3 aromatic rings. The van der Waals surface area contributed by atoms with Crippen LogP contribution in [-0.2, 0) is 6.54 Å².